The minimum Gasteiger partial charge on any atom is -0.382 e. The zero-order valence-corrected chi connectivity index (χ0v) is 11.0. The third-order valence-corrected chi connectivity index (χ3v) is 3.03. The third-order valence-electron chi connectivity index (χ3n) is 2.66. The molecule has 5 nitrogen and oxygen atoms in total. The van der Waals surface area contributed by atoms with Crippen LogP contribution >= 0.6 is 11.6 Å². The van der Waals surface area contributed by atoms with Crippen molar-refractivity contribution in [1.82, 2.24) is 15.1 Å². The Morgan fingerprint density at radius 3 is 2.82 bits per heavy atom. The van der Waals surface area contributed by atoms with E-state index in [1.807, 2.05) is 0 Å². The number of nitrogens with one attached hydrogen (secondary N) is 2. The Hall–Kier alpha value is -1.07. The van der Waals surface area contributed by atoms with Crippen LogP contribution in [0.25, 0.3) is 0 Å². The van der Waals surface area contributed by atoms with E-state index in [9.17, 15) is 4.79 Å². The lowest BCUT2D eigenvalue weighted by Crippen LogP contribution is -2.25. The number of hydrogen-bond donors (Lipinski definition) is 2. The number of halogens is 1. The number of nitrogens with zero attached hydrogens (tertiary/aromatic N) is 2. The van der Waals surface area contributed by atoms with E-state index in [0.717, 1.165) is 32.6 Å². The molecular formula is C11H19ClN4O. The normalized spacial score (nSPS) is 10.8. The highest BCUT2D eigenvalue weighted by Gasteiger charge is 2.04. The van der Waals surface area contributed by atoms with Crippen LogP contribution in [0.4, 0.5) is 5.69 Å². The molecule has 0 atom stereocenters. The van der Waals surface area contributed by atoms with E-state index >= 15 is 0 Å². The molecule has 0 fully saturated rings. The summed E-state index contributed by atoms with van der Waals surface area (Å²) in [4.78, 5) is 13.5. The van der Waals surface area contributed by atoms with E-state index in [1.54, 1.807) is 0 Å². The molecule has 0 saturated heterocycles. The van der Waals surface area contributed by atoms with Gasteiger partial charge in [0.15, 0.2) is 0 Å². The summed E-state index contributed by atoms with van der Waals surface area (Å²) < 4.78 is 0. The van der Waals surface area contributed by atoms with Crippen molar-refractivity contribution in [3.63, 3.8) is 0 Å². The zero-order chi connectivity index (χ0) is 12.7. The zero-order valence-electron chi connectivity index (χ0n) is 10.3. The highest BCUT2D eigenvalue weighted by Crippen LogP contribution is 2.13. The molecule has 0 aromatic carbocycles. The second-order valence-corrected chi connectivity index (χ2v) is 4.11. The molecule has 1 aromatic rings. The van der Waals surface area contributed by atoms with Gasteiger partial charge in [0.1, 0.15) is 5.02 Å². The number of aromatic amines is 1. The number of rotatable bonds is 7. The van der Waals surface area contributed by atoms with E-state index in [4.69, 9.17) is 11.6 Å². The largest absolute Gasteiger partial charge is 0.382 e. The van der Waals surface area contributed by atoms with Crippen molar-refractivity contribution in [2.24, 2.45) is 0 Å². The predicted octanol–water partition coefficient (Wildman–Crippen LogP) is 1.57. The summed E-state index contributed by atoms with van der Waals surface area (Å²) in [5, 5.41) is 9.26. The van der Waals surface area contributed by atoms with E-state index in [-0.39, 0.29) is 10.6 Å². The summed E-state index contributed by atoms with van der Waals surface area (Å²) in [5.74, 6) is 0. The van der Waals surface area contributed by atoms with Crippen molar-refractivity contribution in [2.75, 3.05) is 31.5 Å². The Bertz CT molecular complexity index is 389. The highest BCUT2D eigenvalue weighted by atomic mass is 35.5. The summed E-state index contributed by atoms with van der Waals surface area (Å²) in [6, 6.07) is 0. The van der Waals surface area contributed by atoms with Crippen molar-refractivity contribution in [3.8, 4) is 0 Å². The first-order chi connectivity index (χ1) is 8.19. The fourth-order valence-corrected chi connectivity index (χ4v) is 1.73. The monoisotopic (exact) mass is 258 g/mol. The van der Waals surface area contributed by atoms with Gasteiger partial charge in [0.2, 0.25) is 0 Å². The van der Waals surface area contributed by atoms with Crippen molar-refractivity contribution in [3.05, 3.63) is 21.6 Å². The first-order valence-corrected chi connectivity index (χ1v) is 6.26. The highest BCUT2D eigenvalue weighted by molar-refractivity contribution is 6.32. The van der Waals surface area contributed by atoms with Gasteiger partial charge in [-0.3, -0.25) is 4.79 Å². The summed E-state index contributed by atoms with van der Waals surface area (Å²) in [7, 11) is 0. The van der Waals surface area contributed by atoms with Crippen LogP contribution < -0.4 is 10.9 Å². The van der Waals surface area contributed by atoms with Crippen LogP contribution in [0, 0.1) is 0 Å². The van der Waals surface area contributed by atoms with Crippen LogP contribution in [0.5, 0.6) is 0 Å². The Morgan fingerprint density at radius 1 is 1.47 bits per heavy atom. The quantitative estimate of drug-likeness (QED) is 0.729. The van der Waals surface area contributed by atoms with Gasteiger partial charge in [0, 0.05) is 6.54 Å². The lowest BCUT2D eigenvalue weighted by molar-refractivity contribution is 0.303. The van der Waals surface area contributed by atoms with E-state index in [1.165, 1.54) is 6.20 Å². The molecule has 0 amide bonds. The van der Waals surface area contributed by atoms with Gasteiger partial charge in [-0.25, -0.2) is 5.10 Å². The van der Waals surface area contributed by atoms with Crippen LogP contribution in [-0.4, -0.2) is 41.3 Å². The maximum atomic E-state index is 11.2. The van der Waals surface area contributed by atoms with Gasteiger partial charge in [0.05, 0.1) is 11.9 Å². The molecule has 17 heavy (non-hydrogen) atoms. The van der Waals surface area contributed by atoms with Gasteiger partial charge in [0.25, 0.3) is 5.56 Å². The van der Waals surface area contributed by atoms with Gasteiger partial charge in [-0.05, 0) is 26.1 Å². The molecule has 96 valence electrons. The van der Waals surface area contributed by atoms with Gasteiger partial charge in [-0.15, -0.1) is 0 Å². The molecule has 6 heteroatoms. The summed E-state index contributed by atoms with van der Waals surface area (Å²) in [5.41, 5.74) is 0.232. The second-order valence-electron chi connectivity index (χ2n) is 3.73. The molecule has 1 heterocycles. The topological polar surface area (TPSA) is 61.0 Å². The molecule has 0 aliphatic carbocycles. The first kappa shape index (κ1) is 14.0. The molecule has 1 rings (SSSR count). The molecule has 0 aliphatic rings. The van der Waals surface area contributed by atoms with Gasteiger partial charge in [-0.2, -0.15) is 5.10 Å². The van der Waals surface area contributed by atoms with Crippen molar-refractivity contribution in [1.29, 1.82) is 0 Å². The van der Waals surface area contributed by atoms with Crippen LogP contribution in [0.15, 0.2) is 11.0 Å². The average Bonchev–Trinajstić information content (AvgIpc) is 2.34. The standard InChI is InChI=1S/C11H19ClN4O/c1-3-16(4-2)7-5-6-13-9-8-14-15-11(17)10(9)12/h8H,3-7H2,1-2H3,(H2,13,15,17). The Kier molecular flexibility index (Phi) is 6.00. The predicted molar refractivity (Wildman–Crippen MR) is 70.8 cm³/mol. The molecule has 0 unspecified atom stereocenters. The maximum absolute atomic E-state index is 11.2. The molecule has 0 radical (unpaired) electrons. The number of hydrogen-bond acceptors (Lipinski definition) is 4. The van der Waals surface area contributed by atoms with Crippen LogP contribution in [0.1, 0.15) is 20.3 Å². The molecule has 0 spiro atoms. The van der Waals surface area contributed by atoms with E-state index in [2.05, 4.69) is 34.3 Å². The molecule has 0 bridgehead atoms. The lowest BCUT2D eigenvalue weighted by atomic mass is 10.3. The lowest BCUT2D eigenvalue weighted by Gasteiger charge is -2.17. The first-order valence-electron chi connectivity index (χ1n) is 5.88. The van der Waals surface area contributed by atoms with Crippen LogP contribution in [-0.2, 0) is 0 Å². The minimum absolute atomic E-state index is 0.169. The van der Waals surface area contributed by atoms with Crippen molar-refractivity contribution >= 4 is 17.3 Å². The SMILES string of the molecule is CCN(CC)CCCNc1cn[nH]c(=O)c1Cl. The Labute approximate surface area is 106 Å². The van der Waals surface area contributed by atoms with Crippen molar-refractivity contribution < 1.29 is 0 Å². The number of H-pyrrole nitrogens is 1. The Morgan fingerprint density at radius 2 is 2.18 bits per heavy atom. The molecule has 2 N–H and O–H groups in total. The summed E-state index contributed by atoms with van der Waals surface area (Å²) >= 11 is 5.83. The second kappa shape index (κ2) is 7.29. The van der Waals surface area contributed by atoms with Gasteiger partial charge < -0.3 is 10.2 Å². The van der Waals surface area contributed by atoms with Crippen molar-refractivity contribution in [2.45, 2.75) is 20.3 Å². The van der Waals surface area contributed by atoms with E-state index < -0.39 is 0 Å². The molecular weight excluding hydrogens is 240 g/mol. The minimum atomic E-state index is -0.361. The fraction of sp³-hybridized carbons (Fsp3) is 0.636. The van der Waals surface area contributed by atoms with E-state index in [0.29, 0.717) is 5.69 Å². The van der Waals surface area contributed by atoms with Crippen LogP contribution in [0.3, 0.4) is 0 Å². The maximum Gasteiger partial charge on any atom is 0.285 e. The number of aromatic nitrogens is 2. The number of anilines is 1. The van der Waals surface area contributed by atoms with Crippen LogP contribution in [0.2, 0.25) is 5.02 Å². The fourth-order valence-electron chi connectivity index (χ4n) is 1.57. The summed E-state index contributed by atoms with van der Waals surface area (Å²) in [6.45, 7) is 8.23. The third kappa shape index (κ3) is 4.36. The molecule has 1 aromatic heterocycles. The smallest absolute Gasteiger partial charge is 0.285 e. The molecule has 0 saturated carbocycles. The van der Waals surface area contributed by atoms with Gasteiger partial charge >= 0.3 is 0 Å². The Balaban J connectivity index is 2.36. The average molecular weight is 259 g/mol. The van der Waals surface area contributed by atoms with Gasteiger partial charge in [-0.1, -0.05) is 25.4 Å². The summed E-state index contributed by atoms with van der Waals surface area (Å²) in [6.07, 6.45) is 2.53. The molecule has 0 aliphatic heterocycles.